The molecular formula is C9H13NO3. The van der Waals surface area contributed by atoms with Gasteiger partial charge < -0.3 is 14.9 Å². The maximum Gasteiger partial charge on any atom is 0.265 e. The number of aliphatic hydroxyl groups is 1. The van der Waals surface area contributed by atoms with Crippen LogP contribution in [0.1, 0.15) is 13.3 Å². The maximum absolute atomic E-state index is 9.34. The van der Waals surface area contributed by atoms with Crippen LogP contribution in [-0.4, -0.2) is 16.1 Å². The summed E-state index contributed by atoms with van der Waals surface area (Å²) in [5, 5.41) is 18.3. The normalized spacial score (nSPS) is 15.0. The van der Waals surface area contributed by atoms with Gasteiger partial charge in [-0.15, -0.1) is 0 Å². The Morgan fingerprint density at radius 3 is 2.38 bits per heavy atom. The molecule has 0 saturated carbocycles. The molecule has 0 saturated heterocycles. The average molecular weight is 183 g/mol. The quantitative estimate of drug-likeness (QED) is 0.605. The van der Waals surface area contributed by atoms with Gasteiger partial charge >= 0.3 is 0 Å². The first-order chi connectivity index (χ1) is 6.03. The Morgan fingerprint density at radius 1 is 1.38 bits per heavy atom. The number of rotatable bonds is 3. The highest BCUT2D eigenvalue weighted by Gasteiger charge is 2.19. The molecule has 13 heavy (non-hydrogen) atoms. The Morgan fingerprint density at radius 2 is 1.92 bits per heavy atom. The number of nitrogens with two attached hydrogens (primary N) is 1. The van der Waals surface area contributed by atoms with Crippen molar-refractivity contribution in [3.05, 3.63) is 24.3 Å². The van der Waals surface area contributed by atoms with Gasteiger partial charge in [-0.3, -0.25) is 5.73 Å². The summed E-state index contributed by atoms with van der Waals surface area (Å²) < 4.78 is 5.03. The smallest absolute Gasteiger partial charge is 0.265 e. The fraction of sp³-hybridized carbons (Fsp3) is 0.333. The number of benzene rings is 1. The van der Waals surface area contributed by atoms with Gasteiger partial charge in [0.2, 0.25) is 0 Å². The molecule has 72 valence electrons. The van der Waals surface area contributed by atoms with Crippen molar-refractivity contribution in [1.82, 2.24) is 0 Å². The fourth-order valence-corrected chi connectivity index (χ4v) is 0.790. The second kappa shape index (κ2) is 3.64. The molecule has 1 aromatic rings. The second-order valence-corrected chi connectivity index (χ2v) is 2.79. The zero-order valence-corrected chi connectivity index (χ0v) is 7.40. The summed E-state index contributed by atoms with van der Waals surface area (Å²) in [4.78, 5) is 0. The largest absolute Gasteiger partial charge is 0.508 e. The highest BCUT2D eigenvalue weighted by Crippen LogP contribution is 2.19. The van der Waals surface area contributed by atoms with Crippen molar-refractivity contribution in [1.29, 1.82) is 0 Å². The summed E-state index contributed by atoms with van der Waals surface area (Å²) in [6, 6.07) is 5.98. The van der Waals surface area contributed by atoms with Gasteiger partial charge in [0.1, 0.15) is 11.5 Å². The van der Waals surface area contributed by atoms with Crippen LogP contribution in [-0.2, 0) is 0 Å². The topological polar surface area (TPSA) is 75.7 Å². The number of hydrogen-bond donors (Lipinski definition) is 3. The Kier molecular flexibility index (Phi) is 2.75. The molecule has 0 aliphatic carbocycles. The lowest BCUT2D eigenvalue weighted by Gasteiger charge is -2.22. The molecule has 1 unspecified atom stereocenters. The van der Waals surface area contributed by atoms with Crippen LogP contribution in [0.15, 0.2) is 24.3 Å². The van der Waals surface area contributed by atoms with Crippen molar-refractivity contribution in [2.75, 3.05) is 0 Å². The molecule has 1 atom stereocenters. The summed E-state index contributed by atoms with van der Waals surface area (Å²) in [7, 11) is 0. The third kappa shape index (κ3) is 2.93. The van der Waals surface area contributed by atoms with Crippen molar-refractivity contribution in [3.63, 3.8) is 0 Å². The van der Waals surface area contributed by atoms with Crippen molar-refractivity contribution in [2.24, 2.45) is 5.73 Å². The van der Waals surface area contributed by atoms with Gasteiger partial charge in [0.05, 0.1) is 0 Å². The molecular weight excluding hydrogens is 170 g/mol. The lowest BCUT2D eigenvalue weighted by Crippen LogP contribution is -2.44. The van der Waals surface area contributed by atoms with E-state index in [1.165, 1.54) is 24.3 Å². The van der Waals surface area contributed by atoms with Gasteiger partial charge in [0.25, 0.3) is 5.91 Å². The van der Waals surface area contributed by atoms with Crippen LogP contribution in [0.3, 0.4) is 0 Å². The summed E-state index contributed by atoms with van der Waals surface area (Å²) in [6.07, 6.45) is 0.286. The van der Waals surface area contributed by atoms with E-state index in [1.54, 1.807) is 6.92 Å². The molecule has 4 nitrogen and oxygen atoms in total. The van der Waals surface area contributed by atoms with E-state index < -0.39 is 5.91 Å². The Balaban J connectivity index is 2.69. The first-order valence-corrected chi connectivity index (χ1v) is 4.03. The molecule has 1 rings (SSSR count). The predicted molar refractivity (Wildman–Crippen MR) is 48.2 cm³/mol. The van der Waals surface area contributed by atoms with Gasteiger partial charge in [-0.2, -0.15) is 0 Å². The zero-order valence-electron chi connectivity index (χ0n) is 7.40. The molecule has 0 radical (unpaired) electrons. The molecule has 0 amide bonds. The van der Waals surface area contributed by atoms with E-state index in [9.17, 15) is 5.11 Å². The predicted octanol–water partition coefficient (Wildman–Crippen LogP) is 0.786. The Hall–Kier alpha value is -1.26. The van der Waals surface area contributed by atoms with Crippen LogP contribution in [0.25, 0.3) is 0 Å². The monoisotopic (exact) mass is 183 g/mol. The number of aromatic hydroxyl groups is 1. The van der Waals surface area contributed by atoms with Gasteiger partial charge in [0.15, 0.2) is 0 Å². The zero-order chi connectivity index (χ0) is 9.90. The van der Waals surface area contributed by atoms with Crippen molar-refractivity contribution in [2.45, 2.75) is 19.3 Å². The summed E-state index contributed by atoms with van der Waals surface area (Å²) >= 11 is 0. The molecule has 4 heteroatoms. The Bertz CT molecular complexity index is 269. The average Bonchev–Trinajstić information content (AvgIpc) is 2.09. The molecule has 4 N–H and O–H groups in total. The van der Waals surface area contributed by atoms with Crippen molar-refractivity contribution in [3.8, 4) is 11.5 Å². The van der Waals surface area contributed by atoms with E-state index >= 15 is 0 Å². The lowest BCUT2D eigenvalue weighted by molar-refractivity contribution is -0.134. The number of hydrogen-bond acceptors (Lipinski definition) is 4. The van der Waals surface area contributed by atoms with E-state index in [-0.39, 0.29) is 12.2 Å². The highest BCUT2D eigenvalue weighted by atomic mass is 16.6. The molecule has 0 aliphatic rings. The molecule has 0 aliphatic heterocycles. The summed E-state index contributed by atoms with van der Waals surface area (Å²) in [6.45, 7) is 1.71. The summed E-state index contributed by atoms with van der Waals surface area (Å²) in [5.41, 5.74) is 5.36. The first-order valence-electron chi connectivity index (χ1n) is 4.03. The van der Waals surface area contributed by atoms with Gasteiger partial charge in [-0.25, -0.2) is 0 Å². The molecule has 0 bridgehead atoms. The van der Waals surface area contributed by atoms with Gasteiger partial charge in [-0.05, 0) is 24.3 Å². The van der Waals surface area contributed by atoms with E-state index in [2.05, 4.69) is 0 Å². The van der Waals surface area contributed by atoms with Crippen LogP contribution in [0.2, 0.25) is 0 Å². The SMILES string of the molecule is CCC(N)(O)Oc1ccc(O)cc1. The van der Waals surface area contributed by atoms with E-state index in [1.807, 2.05) is 0 Å². The lowest BCUT2D eigenvalue weighted by atomic mass is 10.3. The van der Waals surface area contributed by atoms with Crippen molar-refractivity contribution >= 4 is 0 Å². The van der Waals surface area contributed by atoms with E-state index in [4.69, 9.17) is 15.6 Å². The molecule has 0 aromatic heterocycles. The minimum atomic E-state index is -1.64. The third-order valence-corrected chi connectivity index (χ3v) is 1.64. The van der Waals surface area contributed by atoms with Crippen LogP contribution in [0.5, 0.6) is 11.5 Å². The van der Waals surface area contributed by atoms with Gasteiger partial charge in [0, 0.05) is 6.42 Å². The fourth-order valence-electron chi connectivity index (χ4n) is 0.790. The van der Waals surface area contributed by atoms with E-state index in [0.717, 1.165) is 0 Å². The maximum atomic E-state index is 9.34. The number of phenolic OH excluding ortho intramolecular Hbond substituents is 1. The van der Waals surface area contributed by atoms with Gasteiger partial charge in [-0.1, -0.05) is 6.92 Å². The third-order valence-electron chi connectivity index (χ3n) is 1.64. The minimum absolute atomic E-state index is 0.143. The van der Waals surface area contributed by atoms with E-state index in [0.29, 0.717) is 5.75 Å². The molecule has 0 fully saturated rings. The standard InChI is InChI=1S/C9H13NO3/c1-2-9(10,12)13-8-5-3-7(11)4-6-8/h3-6,11-12H,2,10H2,1H3. The van der Waals surface area contributed by atoms with Crippen LogP contribution in [0, 0.1) is 0 Å². The Labute approximate surface area is 76.6 Å². The van der Waals surface area contributed by atoms with Crippen molar-refractivity contribution < 1.29 is 14.9 Å². The second-order valence-electron chi connectivity index (χ2n) is 2.79. The number of ether oxygens (including phenoxy) is 1. The molecule has 1 aromatic carbocycles. The number of phenols is 1. The van der Waals surface area contributed by atoms with Crippen LogP contribution >= 0.6 is 0 Å². The molecule has 0 spiro atoms. The minimum Gasteiger partial charge on any atom is -0.508 e. The first kappa shape index (κ1) is 9.83. The van der Waals surface area contributed by atoms with Crippen LogP contribution < -0.4 is 10.5 Å². The highest BCUT2D eigenvalue weighted by molar-refractivity contribution is 5.30. The summed E-state index contributed by atoms with van der Waals surface area (Å²) in [5.74, 6) is -1.08. The van der Waals surface area contributed by atoms with Crippen LogP contribution in [0.4, 0.5) is 0 Å². The molecule has 0 heterocycles.